The Morgan fingerprint density at radius 2 is 1.94 bits per heavy atom. The van der Waals surface area contributed by atoms with Crippen LogP contribution in [0.25, 0.3) is 0 Å². The number of nitrogens with two attached hydrogens (primary N) is 1. The summed E-state index contributed by atoms with van der Waals surface area (Å²) in [7, 11) is 0. The molecule has 1 aliphatic carbocycles. The molecule has 6 rings (SSSR count). The third-order valence-corrected chi connectivity index (χ3v) is 6.69. The van der Waals surface area contributed by atoms with Crippen molar-refractivity contribution in [2.24, 2.45) is 16.1 Å². The minimum atomic E-state index is -0.545. The van der Waals surface area contributed by atoms with Gasteiger partial charge in [-0.25, -0.2) is 4.99 Å². The zero-order valence-corrected chi connectivity index (χ0v) is 18.4. The van der Waals surface area contributed by atoms with E-state index in [0.29, 0.717) is 47.1 Å². The highest BCUT2D eigenvalue weighted by molar-refractivity contribution is 6.08. The van der Waals surface area contributed by atoms with E-state index in [9.17, 15) is 10.1 Å². The number of amidine groups is 1. The number of aliphatic imine (C=N–C) groups is 1. The average Bonchev–Trinajstić information content (AvgIpc) is 3.25. The summed E-state index contributed by atoms with van der Waals surface area (Å²) in [4.78, 5) is 20.3. The number of hydrogen-bond acceptors (Lipinski definition) is 7. The molecule has 33 heavy (non-hydrogen) atoms. The Hall–Kier alpha value is -4.05. The molecule has 0 spiro atoms. The second kappa shape index (κ2) is 6.72. The van der Waals surface area contributed by atoms with E-state index in [1.807, 2.05) is 47.4 Å². The normalized spacial score (nSPS) is 22.3. The Labute approximate surface area is 191 Å². The van der Waals surface area contributed by atoms with Crippen LogP contribution in [0.3, 0.4) is 0 Å². The molecule has 7 nitrogen and oxygen atoms in total. The molecule has 164 valence electrons. The number of rotatable bonds is 1. The lowest BCUT2D eigenvalue weighted by atomic mass is 9.68. The molecule has 0 amide bonds. The molecular formula is C26H22N4O3. The number of hydrogen-bond donors (Lipinski definition) is 1. The number of fused-ring (bicyclic) bond motifs is 5. The van der Waals surface area contributed by atoms with Crippen molar-refractivity contribution in [3.8, 4) is 17.6 Å². The van der Waals surface area contributed by atoms with Crippen LogP contribution in [0.15, 0.2) is 70.1 Å². The Morgan fingerprint density at radius 3 is 2.76 bits per heavy atom. The number of para-hydroxylation sites is 1. The Kier molecular flexibility index (Phi) is 4.00. The predicted octanol–water partition coefficient (Wildman–Crippen LogP) is 4.12. The first-order valence-electron chi connectivity index (χ1n) is 10.9. The van der Waals surface area contributed by atoms with E-state index < -0.39 is 5.92 Å². The van der Waals surface area contributed by atoms with E-state index in [-0.39, 0.29) is 18.0 Å². The van der Waals surface area contributed by atoms with Crippen LogP contribution in [-0.4, -0.2) is 18.4 Å². The fourth-order valence-corrected chi connectivity index (χ4v) is 5.32. The minimum Gasteiger partial charge on any atom is -0.454 e. The monoisotopic (exact) mass is 438 g/mol. The van der Waals surface area contributed by atoms with Crippen LogP contribution in [0.2, 0.25) is 0 Å². The fourth-order valence-electron chi connectivity index (χ4n) is 5.32. The van der Waals surface area contributed by atoms with Crippen LogP contribution in [0.4, 0.5) is 5.69 Å². The highest BCUT2D eigenvalue weighted by Gasteiger charge is 2.46. The maximum Gasteiger partial charge on any atom is 0.231 e. The summed E-state index contributed by atoms with van der Waals surface area (Å²) in [5, 5.41) is 10.3. The van der Waals surface area contributed by atoms with E-state index in [4.69, 9.17) is 15.2 Å². The van der Waals surface area contributed by atoms with E-state index in [2.05, 4.69) is 24.9 Å². The summed E-state index contributed by atoms with van der Waals surface area (Å²) in [5.74, 6) is 1.62. The number of ketones is 1. The van der Waals surface area contributed by atoms with Crippen LogP contribution < -0.4 is 20.1 Å². The highest BCUT2D eigenvalue weighted by Crippen LogP contribution is 2.53. The third kappa shape index (κ3) is 2.80. The average molecular weight is 438 g/mol. The van der Waals surface area contributed by atoms with Crippen LogP contribution >= 0.6 is 0 Å². The quantitative estimate of drug-likeness (QED) is 0.719. The number of carbonyl (C=O) groups excluding carboxylic acids is 1. The molecule has 0 bridgehead atoms. The fraction of sp³-hybridized carbons (Fsp3) is 0.269. The molecule has 2 aromatic carbocycles. The molecule has 0 unspecified atom stereocenters. The Morgan fingerprint density at radius 1 is 1.15 bits per heavy atom. The van der Waals surface area contributed by atoms with Crippen molar-refractivity contribution in [3.63, 3.8) is 0 Å². The second-order valence-electron chi connectivity index (χ2n) is 9.55. The van der Waals surface area contributed by atoms with Gasteiger partial charge in [0, 0.05) is 23.3 Å². The van der Waals surface area contributed by atoms with Gasteiger partial charge in [0.2, 0.25) is 6.79 Å². The molecule has 7 heteroatoms. The van der Waals surface area contributed by atoms with Gasteiger partial charge in [0.15, 0.2) is 23.1 Å². The van der Waals surface area contributed by atoms with Crippen molar-refractivity contribution in [2.45, 2.75) is 32.6 Å². The van der Waals surface area contributed by atoms with E-state index >= 15 is 0 Å². The summed E-state index contributed by atoms with van der Waals surface area (Å²) in [6.45, 7) is 4.35. The van der Waals surface area contributed by atoms with Gasteiger partial charge in [-0.15, -0.1) is 0 Å². The zero-order valence-electron chi connectivity index (χ0n) is 18.4. The maximum absolute atomic E-state index is 13.6. The van der Waals surface area contributed by atoms with Gasteiger partial charge in [-0.2, -0.15) is 5.26 Å². The zero-order chi connectivity index (χ0) is 22.9. The highest BCUT2D eigenvalue weighted by atomic mass is 16.7. The lowest BCUT2D eigenvalue weighted by molar-refractivity contribution is -0.118. The maximum atomic E-state index is 13.6. The van der Waals surface area contributed by atoms with Gasteiger partial charge in [0.05, 0.1) is 23.2 Å². The van der Waals surface area contributed by atoms with Gasteiger partial charge in [0.25, 0.3) is 0 Å². The van der Waals surface area contributed by atoms with E-state index in [1.165, 1.54) is 0 Å². The summed E-state index contributed by atoms with van der Waals surface area (Å²) >= 11 is 0. The molecule has 0 fully saturated rings. The number of allylic oxidation sites excluding steroid dienone is 3. The Balaban J connectivity index is 1.65. The third-order valence-electron chi connectivity index (χ3n) is 6.69. The first-order chi connectivity index (χ1) is 15.9. The van der Waals surface area contributed by atoms with Crippen molar-refractivity contribution in [3.05, 3.63) is 76.3 Å². The molecule has 0 aromatic heterocycles. The van der Waals surface area contributed by atoms with Gasteiger partial charge in [-0.05, 0) is 41.7 Å². The van der Waals surface area contributed by atoms with Gasteiger partial charge >= 0.3 is 0 Å². The number of anilines is 1. The first kappa shape index (κ1) is 19.6. The Bertz CT molecular complexity index is 1380. The summed E-state index contributed by atoms with van der Waals surface area (Å²) < 4.78 is 11.0. The molecule has 2 aromatic rings. The molecule has 1 atom stereocenters. The standard InChI is InChI=1S/C26H22N4O3/c1-26(2)10-18-23(19(31)11-26)22(14-7-8-20-21(9-14)33-13-32-20)16(12-27)25-29-24(28)15-5-3-4-6-17(15)30(18)25/h3-9,22H,10-11,13H2,1-2H3,(H2,28,29)/t22-/m1/s1. The first-order valence-corrected chi connectivity index (χ1v) is 10.9. The molecule has 3 heterocycles. The van der Waals surface area contributed by atoms with Crippen molar-refractivity contribution in [2.75, 3.05) is 11.7 Å². The molecule has 4 aliphatic rings. The van der Waals surface area contributed by atoms with Crippen molar-refractivity contribution in [1.82, 2.24) is 0 Å². The van der Waals surface area contributed by atoms with Crippen LogP contribution in [0, 0.1) is 16.7 Å². The molecule has 3 aliphatic heterocycles. The molecule has 0 saturated heterocycles. The number of benzene rings is 2. The van der Waals surface area contributed by atoms with Crippen molar-refractivity contribution >= 4 is 17.3 Å². The smallest absolute Gasteiger partial charge is 0.231 e. The lowest BCUT2D eigenvalue weighted by Crippen LogP contribution is -2.42. The largest absolute Gasteiger partial charge is 0.454 e. The van der Waals surface area contributed by atoms with Crippen LogP contribution in [0.5, 0.6) is 11.5 Å². The summed E-state index contributed by atoms with van der Waals surface area (Å²) in [6, 6.07) is 15.7. The van der Waals surface area contributed by atoms with E-state index in [0.717, 1.165) is 22.5 Å². The van der Waals surface area contributed by atoms with Crippen LogP contribution in [-0.2, 0) is 4.79 Å². The molecule has 0 radical (unpaired) electrons. The number of ether oxygens (including phenoxy) is 2. The van der Waals surface area contributed by atoms with Gasteiger partial charge in [-0.3, -0.25) is 9.69 Å². The van der Waals surface area contributed by atoms with Gasteiger partial charge in [0.1, 0.15) is 5.84 Å². The van der Waals surface area contributed by atoms with Crippen LogP contribution in [0.1, 0.15) is 43.7 Å². The van der Waals surface area contributed by atoms with Gasteiger partial charge < -0.3 is 15.2 Å². The molecular weight excluding hydrogens is 416 g/mol. The predicted molar refractivity (Wildman–Crippen MR) is 123 cm³/mol. The number of Topliss-reactive ketones (excluding diaryl/α,β-unsaturated/α-hetero) is 1. The van der Waals surface area contributed by atoms with Crippen molar-refractivity contribution < 1.29 is 14.3 Å². The number of nitrogens with zero attached hydrogens (tertiary/aromatic N) is 3. The lowest BCUT2D eigenvalue weighted by Gasteiger charge is -2.45. The number of carbonyl (C=O) groups is 1. The second-order valence-corrected chi connectivity index (χ2v) is 9.55. The molecule has 2 N–H and O–H groups in total. The summed E-state index contributed by atoms with van der Waals surface area (Å²) in [6.07, 6.45) is 1.10. The topological polar surface area (TPSA) is 101 Å². The SMILES string of the molecule is CC1(C)CC(=O)C2=C(C1)N1C(=C(C#N)[C@H]2c2ccc3c(c2)OCO3)N=C(N)c2ccccc21. The van der Waals surface area contributed by atoms with Crippen molar-refractivity contribution in [1.29, 1.82) is 5.26 Å². The number of nitriles is 1. The minimum absolute atomic E-state index is 0.0516. The summed E-state index contributed by atoms with van der Waals surface area (Å²) in [5.41, 5.74) is 10.5. The van der Waals surface area contributed by atoms with Gasteiger partial charge in [-0.1, -0.05) is 32.0 Å². The van der Waals surface area contributed by atoms with E-state index in [1.54, 1.807) is 0 Å². The molecule has 0 saturated carbocycles.